The van der Waals surface area contributed by atoms with Gasteiger partial charge in [-0.3, -0.25) is 0 Å². The van der Waals surface area contributed by atoms with E-state index in [0.717, 1.165) is 18.8 Å². The third-order valence-corrected chi connectivity index (χ3v) is 3.03. The smallest absolute Gasteiger partial charge is 0.227 e. The minimum atomic E-state index is -0.561. The molecule has 4 nitrogen and oxygen atoms in total. The summed E-state index contributed by atoms with van der Waals surface area (Å²) in [5, 5.41) is 13.5. The summed E-state index contributed by atoms with van der Waals surface area (Å²) in [6.45, 7) is 2.03. The standard InChI is InChI=1S/C11H18N2O2/c1-2-4-9(14)11-12-10(15-13-11)7-8-5-3-6-8/h8-9,14H,2-7H2,1H3. The molecule has 0 radical (unpaired) electrons. The third kappa shape index (κ3) is 2.56. The number of aliphatic hydroxyl groups excluding tert-OH is 1. The quantitative estimate of drug-likeness (QED) is 0.809. The molecule has 1 saturated carbocycles. The molecule has 1 unspecified atom stereocenters. The molecule has 84 valence electrons. The van der Waals surface area contributed by atoms with E-state index in [1.54, 1.807) is 0 Å². The molecular weight excluding hydrogens is 192 g/mol. The normalized spacial score (nSPS) is 18.8. The van der Waals surface area contributed by atoms with E-state index < -0.39 is 6.10 Å². The molecule has 1 fully saturated rings. The van der Waals surface area contributed by atoms with Crippen molar-refractivity contribution in [2.75, 3.05) is 0 Å². The lowest BCUT2D eigenvalue weighted by atomic mass is 9.83. The highest BCUT2D eigenvalue weighted by Gasteiger charge is 2.22. The van der Waals surface area contributed by atoms with Crippen LogP contribution in [0, 0.1) is 5.92 Å². The number of aromatic nitrogens is 2. The number of hydrogen-bond donors (Lipinski definition) is 1. The lowest BCUT2D eigenvalue weighted by Crippen LogP contribution is -2.13. The molecule has 1 aromatic rings. The van der Waals surface area contributed by atoms with Crippen LogP contribution in [-0.4, -0.2) is 15.2 Å². The van der Waals surface area contributed by atoms with E-state index in [1.165, 1.54) is 19.3 Å². The Labute approximate surface area is 89.7 Å². The molecule has 1 aliphatic rings. The van der Waals surface area contributed by atoms with Gasteiger partial charge in [0, 0.05) is 6.42 Å². The van der Waals surface area contributed by atoms with Crippen molar-refractivity contribution in [3.05, 3.63) is 11.7 Å². The summed E-state index contributed by atoms with van der Waals surface area (Å²) in [6, 6.07) is 0. The largest absolute Gasteiger partial charge is 0.385 e. The predicted octanol–water partition coefficient (Wildman–Crippen LogP) is 2.25. The Morgan fingerprint density at radius 2 is 2.33 bits per heavy atom. The summed E-state index contributed by atoms with van der Waals surface area (Å²) in [7, 11) is 0. The van der Waals surface area contributed by atoms with Crippen molar-refractivity contribution in [1.29, 1.82) is 0 Å². The molecule has 4 heteroatoms. The molecule has 1 atom stereocenters. The number of aliphatic hydroxyl groups is 1. The molecule has 0 amide bonds. The molecule has 0 saturated heterocycles. The van der Waals surface area contributed by atoms with Gasteiger partial charge in [0.1, 0.15) is 6.10 Å². The van der Waals surface area contributed by atoms with Crippen LogP contribution in [-0.2, 0) is 6.42 Å². The van der Waals surface area contributed by atoms with Gasteiger partial charge in [0.2, 0.25) is 5.89 Å². The Bertz CT molecular complexity index is 307. The maximum Gasteiger partial charge on any atom is 0.227 e. The topological polar surface area (TPSA) is 59.2 Å². The maximum absolute atomic E-state index is 9.65. The summed E-state index contributed by atoms with van der Waals surface area (Å²) in [5.41, 5.74) is 0. The Hall–Kier alpha value is -0.900. The summed E-state index contributed by atoms with van der Waals surface area (Å²) < 4.78 is 5.12. The molecule has 1 aromatic heterocycles. The van der Waals surface area contributed by atoms with Gasteiger partial charge in [-0.15, -0.1) is 0 Å². The van der Waals surface area contributed by atoms with Crippen LogP contribution in [0.2, 0.25) is 0 Å². The Balaban J connectivity index is 1.90. The first kappa shape index (κ1) is 10.6. The van der Waals surface area contributed by atoms with Gasteiger partial charge in [-0.2, -0.15) is 4.98 Å². The Morgan fingerprint density at radius 1 is 1.53 bits per heavy atom. The fourth-order valence-electron chi connectivity index (χ4n) is 1.83. The van der Waals surface area contributed by atoms with Gasteiger partial charge in [0.25, 0.3) is 0 Å². The number of nitrogens with zero attached hydrogens (tertiary/aromatic N) is 2. The van der Waals surface area contributed by atoms with Crippen LogP contribution in [0.5, 0.6) is 0 Å². The van der Waals surface area contributed by atoms with Crippen molar-refractivity contribution in [3.8, 4) is 0 Å². The van der Waals surface area contributed by atoms with Gasteiger partial charge in [0.05, 0.1) is 0 Å². The van der Waals surface area contributed by atoms with Crippen molar-refractivity contribution in [3.63, 3.8) is 0 Å². The summed E-state index contributed by atoms with van der Waals surface area (Å²) in [4.78, 5) is 4.22. The van der Waals surface area contributed by atoms with E-state index >= 15 is 0 Å². The molecule has 1 N–H and O–H groups in total. The molecule has 0 spiro atoms. The highest BCUT2D eigenvalue weighted by atomic mass is 16.5. The van der Waals surface area contributed by atoms with Crippen LogP contribution >= 0.6 is 0 Å². The molecular formula is C11H18N2O2. The highest BCUT2D eigenvalue weighted by Crippen LogP contribution is 2.29. The van der Waals surface area contributed by atoms with E-state index in [-0.39, 0.29) is 0 Å². The minimum Gasteiger partial charge on any atom is -0.385 e. The molecule has 0 bridgehead atoms. The van der Waals surface area contributed by atoms with Crippen molar-refractivity contribution < 1.29 is 9.63 Å². The van der Waals surface area contributed by atoms with Crippen LogP contribution in [0.25, 0.3) is 0 Å². The van der Waals surface area contributed by atoms with Crippen molar-refractivity contribution in [2.24, 2.45) is 5.92 Å². The zero-order valence-corrected chi connectivity index (χ0v) is 9.15. The summed E-state index contributed by atoms with van der Waals surface area (Å²) >= 11 is 0. The van der Waals surface area contributed by atoms with Crippen LogP contribution in [0.3, 0.4) is 0 Å². The SMILES string of the molecule is CCCC(O)c1noc(CC2CCC2)n1. The van der Waals surface area contributed by atoms with Crippen LogP contribution in [0.4, 0.5) is 0 Å². The highest BCUT2D eigenvalue weighted by molar-refractivity contribution is 4.92. The van der Waals surface area contributed by atoms with Crippen LogP contribution in [0.1, 0.15) is 56.8 Å². The van der Waals surface area contributed by atoms with E-state index in [4.69, 9.17) is 4.52 Å². The first-order valence-electron chi connectivity index (χ1n) is 5.80. The zero-order chi connectivity index (χ0) is 10.7. The van der Waals surface area contributed by atoms with Gasteiger partial charge < -0.3 is 9.63 Å². The van der Waals surface area contributed by atoms with Crippen molar-refractivity contribution in [1.82, 2.24) is 10.1 Å². The van der Waals surface area contributed by atoms with E-state index in [9.17, 15) is 5.11 Å². The molecule has 1 heterocycles. The fourth-order valence-corrected chi connectivity index (χ4v) is 1.83. The van der Waals surface area contributed by atoms with E-state index in [2.05, 4.69) is 10.1 Å². The lowest BCUT2D eigenvalue weighted by Gasteiger charge is -2.23. The minimum absolute atomic E-state index is 0.450. The Kier molecular flexibility index (Phi) is 3.36. The second-order valence-electron chi connectivity index (χ2n) is 4.35. The average Bonchev–Trinajstić information content (AvgIpc) is 2.60. The lowest BCUT2D eigenvalue weighted by molar-refractivity contribution is 0.152. The van der Waals surface area contributed by atoms with Gasteiger partial charge >= 0.3 is 0 Å². The average molecular weight is 210 g/mol. The second kappa shape index (κ2) is 4.75. The maximum atomic E-state index is 9.65. The van der Waals surface area contributed by atoms with Gasteiger partial charge in [-0.25, -0.2) is 0 Å². The first-order valence-corrected chi connectivity index (χ1v) is 5.80. The third-order valence-electron chi connectivity index (χ3n) is 3.03. The molecule has 1 aliphatic carbocycles. The van der Waals surface area contributed by atoms with Gasteiger partial charge in [-0.1, -0.05) is 24.9 Å². The van der Waals surface area contributed by atoms with Crippen LogP contribution in [0.15, 0.2) is 4.52 Å². The van der Waals surface area contributed by atoms with E-state index in [0.29, 0.717) is 18.1 Å². The monoisotopic (exact) mass is 210 g/mol. The van der Waals surface area contributed by atoms with Gasteiger partial charge in [-0.05, 0) is 25.2 Å². The molecule has 0 aromatic carbocycles. The predicted molar refractivity (Wildman–Crippen MR) is 55.2 cm³/mol. The second-order valence-corrected chi connectivity index (χ2v) is 4.35. The molecule has 2 rings (SSSR count). The number of rotatable bonds is 5. The zero-order valence-electron chi connectivity index (χ0n) is 9.15. The number of hydrogen-bond acceptors (Lipinski definition) is 4. The van der Waals surface area contributed by atoms with E-state index in [1.807, 2.05) is 6.92 Å². The van der Waals surface area contributed by atoms with Crippen LogP contribution < -0.4 is 0 Å². The molecule has 0 aliphatic heterocycles. The summed E-state index contributed by atoms with van der Waals surface area (Å²) in [6.07, 6.45) is 5.81. The fraction of sp³-hybridized carbons (Fsp3) is 0.818. The first-order chi connectivity index (χ1) is 7.29. The Morgan fingerprint density at radius 3 is 2.93 bits per heavy atom. The van der Waals surface area contributed by atoms with Gasteiger partial charge in [0.15, 0.2) is 5.82 Å². The van der Waals surface area contributed by atoms with Crippen molar-refractivity contribution in [2.45, 2.75) is 51.6 Å². The van der Waals surface area contributed by atoms with Crippen molar-refractivity contribution >= 4 is 0 Å². The molecule has 15 heavy (non-hydrogen) atoms. The summed E-state index contributed by atoms with van der Waals surface area (Å²) in [5.74, 6) is 1.86.